The Bertz CT molecular complexity index is 392. The van der Waals surface area contributed by atoms with Crippen LogP contribution in [0.1, 0.15) is 38.3 Å². The molecule has 1 rings (SSSR count). The highest BCUT2D eigenvalue weighted by molar-refractivity contribution is 5.20. The molecule has 5 heteroatoms. The van der Waals surface area contributed by atoms with Gasteiger partial charge in [-0.15, -0.1) is 0 Å². The van der Waals surface area contributed by atoms with Crippen LogP contribution in [0, 0.1) is 0 Å². The van der Waals surface area contributed by atoms with E-state index in [1.54, 1.807) is 7.05 Å². The molecule has 0 bridgehead atoms. The number of hydrogen-bond acceptors (Lipinski definition) is 2. The van der Waals surface area contributed by atoms with Crippen LogP contribution in [0.3, 0.4) is 0 Å². The summed E-state index contributed by atoms with van der Waals surface area (Å²) in [4.78, 5) is 1.40. The molecule has 1 N–H and O–H groups in total. The number of benzene rings is 1. The lowest BCUT2D eigenvalue weighted by Crippen LogP contribution is -2.46. The number of nitrogens with zero attached hydrogens (tertiary/aromatic N) is 1. The van der Waals surface area contributed by atoms with Crippen LogP contribution in [0.2, 0.25) is 0 Å². The number of hydrogen-bond donors (Lipinski definition) is 1. The first-order valence-corrected chi connectivity index (χ1v) is 7.44. The summed E-state index contributed by atoms with van der Waals surface area (Å²) in [7, 11) is 1.55. The molecule has 0 heterocycles. The summed E-state index contributed by atoms with van der Waals surface area (Å²) >= 11 is 0. The molecule has 0 aliphatic rings. The fraction of sp³-hybridized carbons (Fsp3) is 0.625. The molecule has 2 unspecified atom stereocenters. The van der Waals surface area contributed by atoms with Crippen LogP contribution in [0.5, 0.6) is 0 Å². The Hall–Kier alpha value is -1.07. The highest BCUT2D eigenvalue weighted by Gasteiger charge is 2.34. The number of alkyl halides is 3. The summed E-state index contributed by atoms with van der Waals surface area (Å²) in [6.07, 6.45) is -2.57. The summed E-state index contributed by atoms with van der Waals surface area (Å²) in [5, 5.41) is 3.39. The first-order chi connectivity index (χ1) is 9.89. The van der Waals surface area contributed by atoms with Gasteiger partial charge in [0.2, 0.25) is 0 Å². The highest BCUT2D eigenvalue weighted by atomic mass is 19.4. The molecule has 0 aliphatic heterocycles. The molecule has 1 aromatic carbocycles. The van der Waals surface area contributed by atoms with Crippen molar-refractivity contribution in [3.63, 3.8) is 0 Å². The Kier molecular flexibility index (Phi) is 7.18. The maximum Gasteiger partial charge on any atom is 0.401 e. The van der Waals surface area contributed by atoms with Crippen LogP contribution in [0.4, 0.5) is 13.2 Å². The van der Waals surface area contributed by atoms with Gasteiger partial charge in [0.1, 0.15) is 0 Å². The van der Waals surface area contributed by atoms with Crippen LogP contribution in [-0.2, 0) is 0 Å². The van der Waals surface area contributed by atoms with E-state index in [1.807, 2.05) is 37.3 Å². The SMILES string of the molecule is CCCNC(c1ccccc1)C(CC)N(C)CC(F)(F)F. The van der Waals surface area contributed by atoms with Crippen LogP contribution in [-0.4, -0.2) is 37.3 Å². The summed E-state index contributed by atoms with van der Waals surface area (Å²) < 4.78 is 38.0. The van der Waals surface area contributed by atoms with Crippen LogP contribution in [0.25, 0.3) is 0 Å². The number of likely N-dealkylation sites (N-methyl/N-ethyl adjacent to an activating group) is 1. The van der Waals surface area contributed by atoms with Gasteiger partial charge in [-0.05, 0) is 32.0 Å². The van der Waals surface area contributed by atoms with Crippen molar-refractivity contribution in [1.82, 2.24) is 10.2 Å². The minimum Gasteiger partial charge on any atom is -0.309 e. The zero-order chi connectivity index (χ0) is 15.9. The van der Waals surface area contributed by atoms with E-state index in [0.29, 0.717) is 6.42 Å². The smallest absolute Gasteiger partial charge is 0.309 e. The second kappa shape index (κ2) is 8.39. The van der Waals surface area contributed by atoms with E-state index in [1.165, 1.54) is 4.90 Å². The molecule has 0 aliphatic carbocycles. The lowest BCUT2D eigenvalue weighted by Gasteiger charge is -2.35. The van der Waals surface area contributed by atoms with E-state index in [4.69, 9.17) is 0 Å². The van der Waals surface area contributed by atoms with Crippen LogP contribution in [0.15, 0.2) is 30.3 Å². The molecule has 0 amide bonds. The van der Waals surface area contributed by atoms with E-state index < -0.39 is 12.7 Å². The van der Waals surface area contributed by atoms with Crippen molar-refractivity contribution in [2.45, 2.75) is 44.9 Å². The number of halogens is 3. The molecule has 0 saturated heterocycles. The maximum atomic E-state index is 12.7. The zero-order valence-corrected chi connectivity index (χ0v) is 13.0. The molecule has 0 saturated carbocycles. The lowest BCUT2D eigenvalue weighted by atomic mass is 9.96. The third-order valence-electron chi connectivity index (χ3n) is 3.57. The Morgan fingerprint density at radius 3 is 2.24 bits per heavy atom. The van der Waals surface area contributed by atoms with Gasteiger partial charge in [-0.3, -0.25) is 4.90 Å². The monoisotopic (exact) mass is 302 g/mol. The van der Waals surface area contributed by atoms with E-state index in [2.05, 4.69) is 12.2 Å². The van der Waals surface area contributed by atoms with Gasteiger partial charge in [-0.1, -0.05) is 44.2 Å². The summed E-state index contributed by atoms with van der Waals surface area (Å²) in [5.74, 6) is 0. The predicted octanol–water partition coefficient (Wildman–Crippen LogP) is 4.00. The van der Waals surface area contributed by atoms with Crippen LogP contribution >= 0.6 is 0 Å². The molecular formula is C16H25F3N2. The molecule has 2 nitrogen and oxygen atoms in total. The lowest BCUT2D eigenvalue weighted by molar-refractivity contribution is -0.148. The molecule has 1 aromatic rings. The quantitative estimate of drug-likeness (QED) is 0.781. The second-order valence-electron chi connectivity index (χ2n) is 5.35. The van der Waals surface area contributed by atoms with Gasteiger partial charge in [-0.2, -0.15) is 13.2 Å². The van der Waals surface area contributed by atoms with Crippen LogP contribution < -0.4 is 5.32 Å². The van der Waals surface area contributed by atoms with Gasteiger partial charge in [0, 0.05) is 12.1 Å². The third-order valence-corrected chi connectivity index (χ3v) is 3.57. The van der Waals surface area contributed by atoms with Gasteiger partial charge in [-0.25, -0.2) is 0 Å². The van der Waals surface area contributed by atoms with Crippen molar-refractivity contribution in [3.8, 4) is 0 Å². The van der Waals surface area contributed by atoms with E-state index in [0.717, 1.165) is 18.5 Å². The molecule has 0 fully saturated rings. The second-order valence-corrected chi connectivity index (χ2v) is 5.35. The predicted molar refractivity (Wildman–Crippen MR) is 80.2 cm³/mol. The molecule has 120 valence electrons. The molecule has 21 heavy (non-hydrogen) atoms. The van der Waals surface area contributed by atoms with Gasteiger partial charge >= 0.3 is 6.18 Å². The number of rotatable bonds is 8. The standard InChI is InChI=1S/C16H25F3N2/c1-4-11-20-15(13-9-7-6-8-10-13)14(5-2)21(3)12-16(17,18)19/h6-10,14-15,20H,4-5,11-12H2,1-3H3. The van der Waals surface area contributed by atoms with Crippen molar-refractivity contribution in [3.05, 3.63) is 35.9 Å². The topological polar surface area (TPSA) is 15.3 Å². The Balaban J connectivity index is 2.92. The average molecular weight is 302 g/mol. The van der Waals surface area contributed by atoms with Crippen molar-refractivity contribution in [2.24, 2.45) is 0 Å². The summed E-state index contributed by atoms with van der Waals surface area (Å²) in [6.45, 7) is 3.88. The van der Waals surface area contributed by atoms with Gasteiger partial charge in [0.25, 0.3) is 0 Å². The molecule has 0 aromatic heterocycles. The summed E-state index contributed by atoms with van der Waals surface area (Å²) in [6, 6.07) is 9.41. The first kappa shape index (κ1) is 18.0. The van der Waals surface area contributed by atoms with E-state index >= 15 is 0 Å². The summed E-state index contributed by atoms with van der Waals surface area (Å²) in [5.41, 5.74) is 1.03. The van der Waals surface area contributed by atoms with Crippen molar-refractivity contribution < 1.29 is 13.2 Å². The molecule has 0 spiro atoms. The Morgan fingerprint density at radius 2 is 1.76 bits per heavy atom. The van der Waals surface area contributed by atoms with Gasteiger partial charge in [0.05, 0.1) is 6.54 Å². The zero-order valence-electron chi connectivity index (χ0n) is 13.0. The minimum absolute atomic E-state index is 0.0940. The van der Waals surface area contributed by atoms with Crippen molar-refractivity contribution >= 4 is 0 Å². The Morgan fingerprint density at radius 1 is 1.14 bits per heavy atom. The van der Waals surface area contributed by atoms with Gasteiger partial charge in [0.15, 0.2) is 0 Å². The van der Waals surface area contributed by atoms with E-state index in [9.17, 15) is 13.2 Å². The fourth-order valence-electron chi connectivity index (χ4n) is 2.64. The average Bonchev–Trinajstić information content (AvgIpc) is 2.42. The fourth-order valence-corrected chi connectivity index (χ4v) is 2.64. The largest absolute Gasteiger partial charge is 0.401 e. The van der Waals surface area contributed by atoms with Crippen molar-refractivity contribution in [2.75, 3.05) is 20.1 Å². The highest BCUT2D eigenvalue weighted by Crippen LogP contribution is 2.26. The number of nitrogens with one attached hydrogen (secondary N) is 1. The first-order valence-electron chi connectivity index (χ1n) is 7.44. The minimum atomic E-state index is -4.17. The normalized spacial score (nSPS) is 15.2. The van der Waals surface area contributed by atoms with E-state index in [-0.39, 0.29) is 12.1 Å². The van der Waals surface area contributed by atoms with Crippen molar-refractivity contribution in [1.29, 1.82) is 0 Å². The molecular weight excluding hydrogens is 277 g/mol. The molecule has 0 radical (unpaired) electrons. The molecule has 2 atom stereocenters. The van der Waals surface area contributed by atoms with Gasteiger partial charge < -0.3 is 5.32 Å². The Labute approximate surface area is 125 Å². The third kappa shape index (κ3) is 6.06. The maximum absolute atomic E-state index is 12.7.